The fraction of sp³-hybridized carbons (Fsp3) is 0.680. The van der Waals surface area contributed by atoms with E-state index in [0.717, 1.165) is 55.5 Å². The van der Waals surface area contributed by atoms with E-state index in [1.807, 2.05) is 12.1 Å². The Hall–Kier alpha value is -1.88. The molecule has 1 heterocycles. The molecule has 0 aliphatic heterocycles. The molecule has 5 nitrogen and oxygen atoms in total. The number of nitrogens with zero attached hydrogens (tertiary/aromatic N) is 2. The minimum atomic E-state index is -0.187. The number of benzene rings is 1. The third-order valence-corrected chi connectivity index (χ3v) is 6.74. The lowest BCUT2D eigenvalue weighted by Gasteiger charge is -2.20. The number of unbranched alkanes of at least 4 members (excludes halogenated alkanes) is 1. The minimum absolute atomic E-state index is 0.0250. The number of hydrogen-bond donors (Lipinski definition) is 2. The second-order valence-electron chi connectivity index (χ2n) is 8.92. The van der Waals surface area contributed by atoms with Gasteiger partial charge < -0.3 is 15.0 Å². The third kappa shape index (κ3) is 5.23. The molecule has 1 atom stereocenters. The molecule has 3 rings (SSSR count). The quantitative estimate of drug-likeness (QED) is 0.517. The van der Waals surface area contributed by atoms with Crippen molar-refractivity contribution < 1.29 is 9.90 Å². The molecule has 0 saturated heterocycles. The number of fused-ring (bicyclic) bond motifs is 1. The van der Waals surface area contributed by atoms with Gasteiger partial charge in [0.1, 0.15) is 5.82 Å². The van der Waals surface area contributed by atoms with Crippen molar-refractivity contribution in [3.8, 4) is 0 Å². The Bertz CT molecular complexity index is 819. The second kappa shape index (κ2) is 10.9. The number of aliphatic hydroxyl groups excluding tert-OH is 1. The predicted molar refractivity (Wildman–Crippen MR) is 123 cm³/mol. The lowest BCUT2D eigenvalue weighted by Crippen LogP contribution is -2.37. The summed E-state index contributed by atoms with van der Waals surface area (Å²) in [4.78, 5) is 17.8. The summed E-state index contributed by atoms with van der Waals surface area (Å²) in [7, 11) is 0. The highest BCUT2D eigenvalue weighted by atomic mass is 16.3. The molecule has 2 N–H and O–H groups in total. The molecule has 1 aromatic heterocycles. The fourth-order valence-corrected chi connectivity index (χ4v) is 4.90. The molecule has 1 aliphatic rings. The Kier molecular flexibility index (Phi) is 8.32. The Morgan fingerprint density at radius 1 is 1.23 bits per heavy atom. The van der Waals surface area contributed by atoms with E-state index in [-0.39, 0.29) is 18.6 Å². The summed E-state index contributed by atoms with van der Waals surface area (Å²) >= 11 is 0. The summed E-state index contributed by atoms with van der Waals surface area (Å²) in [6.07, 6.45) is 11.3. The summed E-state index contributed by atoms with van der Waals surface area (Å²) in [6, 6.07) is 6.15. The van der Waals surface area contributed by atoms with E-state index < -0.39 is 0 Å². The van der Waals surface area contributed by atoms with Gasteiger partial charge in [0.15, 0.2) is 0 Å². The minimum Gasteiger partial charge on any atom is -0.394 e. The molecular formula is C25H39N3O2. The maximum absolute atomic E-state index is 12.8. The Morgan fingerprint density at radius 3 is 2.60 bits per heavy atom. The van der Waals surface area contributed by atoms with Crippen LogP contribution in [0.1, 0.15) is 101 Å². The summed E-state index contributed by atoms with van der Waals surface area (Å²) in [5.41, 5.74) is 2.67. The van der Waals surface area contributed by atoms with Gasteiger partial charge in [0.05, 0.1) is 23.7 Å². The zero-order chi connectivity index (χ0) is 21.5. The lowest BCUT2D eigenvalue weighted by atomic mass is 10.0. The molecule has 0 bridgehead atoms. The number of imidazole rings is 1. The van der Waals surface area contributed by atoms with E-state index in [1.54, 1.807) is 0 Å². The molecule has 0 spiro atoms. The number of aromatic nitrogens is 2. The average Bonchev–Trinajstić information content (AvgIpc) is 3.39. The fourth-order valence-electron chi connectivity index (χ4n) is 4.90. The molecule has 166 valence electrons. The van der Waals surface area contributed by atoms with E-state index in [4.69, 9.17) is 4.98 Å². The number of hydrogen-bond acceptors (Lipinski definition) is 3. The van der Waals surface area contributed by atoms with Gasteiger partial charge in [-0.1, -0.05) is 59.3 Å². The van der Waals surface area contributed by atoms with Gasteiger partial charge in [-0.3, -0.25) is 4.79 Å². The van der Waals surface area contributed by atoms with Gasteiger partial charge in [0, 0.05) is 18.0 Å². The maximum atomic E-state index is 12.8. The van der Waals surface area contributed by atoms with E-state index in [1.165, 1.54) is 31.5 Å². The zero-order valence-corrected chi connectivity index (χ0v) is 19.0. The van der Waals surface area contributed by atoms with E-state index in [2.05, 4.69) is 36.7 Å². The second-order valence-corrected chi connectivity index (χ2v) is 8.92. The number of carbonyl (C=O) groups is 1. The topological polar surface area (TPSA) is 67.2 Å². The Morgan fingerprint density at radius 2 is 1.97 bits per heavy atom. The van der Waals surface area contributed by atoms with Crippen LogP contribution in [-0.2, 0) is 6.42 Å². The van der Waals surface area contributed by atoms with Gasteiger partial charge in [-0.2, -0.15) is 0 Å². The molecular weight excluding hydrogens is 374 g/mol. The zero-order valence-electron chi connectivity index (χ0n) is 19.0. The molecule has 1 fully saturated rings. The van der Waals surface area contributed by atoms with Crippen molar-refractivity contribution in [2.24, 2.45) is 5.92 Å². The van der Waals surface area contributed by atoms with Crippen LogP contribution in [0.15, 0.2) is 18.2 Å². The van der Waals surface area contributed by atoms with E-state index in [9.17, 15) is 9.90 Å². The summed E-state index contributed by atoms with van der Waals surface area (Å²) in [5, 5.41) is 12.6. The van der Waals surface area contributed by atoms with Crippen LogP contribution in [0.5, 0.6) is 0 Å². The number of rotatable bonds is 11. The molecule has 30 heavy (non-hydrogen) atoms. The molecule has 1 saturated carbocycles. The first kappa shape index (κ1) is 22.8. The summed E-state index contributed by atoms with van der Waals surface area (Å²) in [5.74, 6) is 1.79. The molecule has 2 aromatic rings. The van der Waals surface area contributed by atoms with Crippen LogP contribution in [0.2, 0.25) is 0 Å². The SMILES string of the molecule is CCCC[C@@H](CO)NC(=O)c1ccc2c(c1)nc(CC1CCCC1)n2C(CC)CC. The van der Waals surface area contributed by atoms with Crippen molar-refractivity contribution in [3.05, 3.63) is 29.6 Å². The largest absolute Gasteiger partial charge is 0.394 e. The van der Waals surface area contributed by atoms with Crippen molar-refractivity contribution in [1.29, 1.82) is 0 Å². The number of aliphatic hydroxyl groups is 1. The molecule has 0 radical (unpaired) electrons. The van der Waals surface area contributed by atoms with Crippen molar-refractivity contribution in [1.82, 2.24) is 14.9 Å². The van der Waals surface area contributed by atoms with E-state index in [0.29, 0.717) is 11.6 Å². The predicted octanol–water partition coefficient (Wildman–Crippen LogP) is 5.41. The van der Waals surface area contributed by atoms with Crippen LogP contribution in [0.25, 0.3) is 11.0 Å². The van der Waals surface area contributed by atoms with Crippen LogP contribution in [0, 0.1) is 5.92 Å². The van der Waals surface area contributed by atoms with Gasteiger partial charge in [-0.15, -0.1) is 0 Å². The normalized spacial score (nSPS) is 15.9. The van der Waals surface area contributed by atoms with Crippen LogP contribution in [0.4, 0.5) is 0 Å². The van der Waals surface area contributed by atoms with Gasteiger partial charge in [0.25, 0.3) is 5.91 Å². The van der Waals surface area contributed by atoms with Crippen LogP contribution in [-0.4, -0.2) is 33.2 Å². The number of amides is 1. The lowest BCUT2D eigenvalue weighted by molar-refractivity contribution is 0.0912. The highest BCUT2D eigenvalue weighted by Crippen LogP contribution is 2.32. The third-order valence-electron chi connectivity index (χ3n) is 6.74. The van der Waals surface area contributed by atoms with Crippen molar-refractivity contribution in [2.75, 3.05) is 6.61 Å². The van der Waals surface area contributed by atoms with Gasteiger partial charge in [0.2, 0.25) is 0 Å². The maximum Gasteiger partial charge on any atom is 0.251 e. The van der Waals surface area contributed by atoms with Crippen LogP contribution < -0.4 is 5.32 Å². The van der Waals surface area contributed by atoms with Gasteiger partial charge in [-0.25, -0.2) is 4.98 Å². The monoisotopic (exact) mass is 413 g/mol. The van der Waals surface area contributed by atoms with Gasteiger partial charge >= 0.3 is 0 Å². The number of carbonyl (C=O) groups excluding carboxylic acids is 1. The van der Waals surface area contributed by atoms with Crippen molar-refractivity contribution >= 4 is 16.9 Å². The molecule has 0 unspecified atom stereocenters. The Labute approximate surface area is 181 Å². The first-order valence-corrected chi connectivity index (χ1v) is 12.0. The highest BCUT2D eigenvalue weighted by molar-refractivity contribution is 5.97. The molecule has 1 aromatic carbocycles. The molecule has 1 amide bonds. The standard InChI is InChI=1S/C25H39N3O2/c1-4-7-12-20(17-29)26-25(30)19-13-14-23-22(16-19)27-24(15-18-10-8-9-11-18)28(23)21(5-2)6-3/h13-14,16,18,20-21,29H,4-12,15,17H2,1-3H3,(H,26,30)/t20-/m0/s1. The van der Waals surface area contributed by atoms with Gasteiger partial charge in [-0.05, 0) is 43.4 Å². The molecule has 5 heteroatoms. The van der Waals surface area contributed by atoms with E-state index >= 15 is 0 Å². The smallest absolute Gasteiger partial charge is 0.251 e. The Balaban J connectivity index is 1.88. The highest BCUT2D eigenvalue weighted by Gasteiger charge is 2.23. The summed E-state index contributed by atoms with van der Waals surface area (Å²) < 4.78 is 2.44. The first-order chi connectivity index (χ1) is 14.6. The molecule has 1 aliphatic carbocycles. The summed E-state index contributed by atoms with van der Waals surface area (Å²) in [6.45, 7) is 6.57. The number of nitrogens with one attached hydrogen (secondary N) is 1. The van der Waals surface area contributed by atoms with Crippen LogP contribution in [0.3, 0.4) is 0 Å². The average molecular weight is 414 g/mol. The first-order valence-electron chi connectivity index (χ1n) is 12.0. The van der Waals surface area contributed by atoms with Crippen molar-refractivity contribution in [3.63, 3.8) is 0 Å². The van der Waals surface area contributed by atoms with Crippen LogP contribution >= 0.6 is 0 Å². The van der Waals surface area contributed by atoms with Crippen molar-refractivity contribution in [2.45, 2.75) is 97.1 Å².